The molecule has 1 aromatic carbocycles. The van der Waals surface area contributed by atoms with Gasteiger partial charge >= 0.3 is 5.97 Å². The van der Waals surface area contributed by atoms with Crippen LogP contribution in [0.4, 0.5) is 0 Å². The molecule has 0 amide bonds. The number of allylic oxidation sites excluding steroid dienone is 1. The number of benzene rings is 1. The molecular weight excluding hydrogens is 404 g/mol. The molecule has 1 heterocycles. The van der Waals surface area contributed by atoms with Gasteiger partial charge in [0.05, 0.1) is 5.71 Å². The van der Waals surface area contributed by atoms with Crippen molar-refractivity contribution < 1.29 is 19.5 Å². The normalized spacial score (nSPS) is 16.4. The molecule has 32 heavy (non-hydrogen) atoms. The second-order valence-electron chi connectivity index (χ2n) is 8.45. The summed E-state index contributed by atoms with van der Waals surface area (Å²) in [4.78, 5) is 20.9. The van der Waals surface area contributed by atoms with E-state index in [0.29, 0.717) is 18.3 Å². The summed E-state index contributed by atoms with van der Waals surface area (Å²) in [6.07, 6.45) is 14.4. The number of hydrogen-bond donors (Lipinski definition) is 1. The Morgan fingerprint density at radius 1 is 1.19 bits per heavy atom. The van der Waals surface area contributed by atoms with Crippen LogP contribution in [-0.4, -0.2) is 35.0 Å². The minimum atomic E-state index is -0.970. The van der Waals surface area contributed by atoms with Gasteiger partial charge in [-0.3, -0.25) is 4.98 Å². The van der Waals surface area contributed by atoms with Gasteiger partial charge in [0.2, 0.25) is 0 Å². The lowest BCUT2D eigenvalue weighted by Gasteiger charge is -2.20. The maximum absolute atomic E-state index is 10.9. The number of oxime groups is 1. The maximum atomic E-state index is 10.9. The van der Waals surface area contributed by atoms with Crippen LogP contribution < -0.4 is 4.74 Å². The quantitative estimate of drug-likeness (QED) is 0.313. The Morgan fingerprint density at radius 3 is 2.84 bits per heavy atom. The van der Waals surface area contributed by atoms with Crippen LogP contribution in [0.5, 0.6) is 5.75 Å². The van der Waals surface area contributed by atoms with Gasteiger partial charge < -0.3 is 14.7 Å². The largest absolute Gasteiger partial charge is 0.482 e. The van der Waals surface area contributed by atoms with E-state index < -0.39 is 5.97 Å². The molecule has 1 fully saturated rings. The van der Waals surface area contributed by atoms with E-state index >= 15 is 0 Å². The van der Waals surface area contributed by atoms with Crippen molar-refractivity contribution >= 4 is 17.3 Å². The third-order valence-electron chi connectivity index (χ3n) is 6.20. The molecule has 1 aromatic heterocycles. The van der Waals surface area contributed by atoms with Gasteiger partial charge in [-0.25, -0.2) is 4.79 Å². The Morgan fingerprint density at radius 2 is 2.06 bits per heavy atom. The third-order valence-corrected chi connectivity index (χ3v) is 6.20. The lowest BCUT2D eigenvalue weighted by atomic mass is 9.89. The van der Waals surface area contributed by atoms with Crippen molar-refractivity contribution in [1.29, 1.82) is 0 Å². The molecule has 6 nitrogen and oxygen atoms in total. The Kier molecular flexibility index (Phi) is 7.54. The van der Waals surface area contributed by atoms with E-state index in [9.17, 15) is 4.79 Å². The van der Waals surface area contributed by atoms with Crippen LogP contribution in [0.3, 0.4) is 0 Å². The minimum Gasteiger partial charge on any atom is -0.482 e. The molecule has 6 heteroatoms. The summed E-state index contributed by atoms with van der Waals surface area (Å²) >= 11 is 0. The molecule has 0 saturated heterocycles. The minimum absolute atomic E-state index is 0.328. The van der Waals surface area contributed by atoms with Crippen molar-refractivity contribution in [2.45, 2.75) is 51.4 Å². The smallest absolute Gasteiger partial charge is 0.341 e. The zero-order valence-electron chi connectivity index (χ0n) is 18.3. The first kappa shape index (κ1) is 22.1. The summed E-state index contributed by atoms with van der Waals surface area (Å²) < 4.78 is 5.50. The maximum Gasteiger partial charge on any atom is 0.341 e. The molecule has 0 atom stereocenters. The first-order valence-corrected chi connectivity index (χ1v) is 11.5. The molecule has 0 bridgehead atoms. The van der Waals surface area contributed by atoms with E-state index in [0.717, 1.165) is 48.1 Å². The molecule has 0 radical (unpaired) electrons. The highest BCUT2D eigenvalue weighted by Crippen LogP contribution is 2.34. The standard InChI is InChI=1S/C26H30N2O4/c29-26(30)18-31-25-12-4-10-22-20(8-3-11-23(22)25)13-15-32-28-24(16-19-6-1-2-7-19)21-9-5-14-27-17-21/h4-5,8-10,12,14,17,19H,1-3,6-7,11,13,15-16,18H2,(H,29,30). The average molecular weight is 435 g/mol. The Balaban J connectivity index is 1.40. The zero-order chi connectivity index (χ0) is 22.2. The molecule has 2 aliphatic carbocycles. The molecule has 168 valence electrons. The van der Waals surface area contributed by atoms with Crippen molar-refractivity contribution in [3.05, 3.63) is 65.5 Å². The summed E-state index contributed by atoms with van der Waals surface area (Å²) in [5.74, 6) is 0.363. The molecule has 2 aromatic rings. The zero-order valence-corrected chi connectivity index (χ0v) is 18.3. The first-order chi connectivity index (χ1) is 15.7. The summed E-state index contributed by atoms with van der Waals surface area (Å²) in [5, 5.41) is 13.4. The van der Waals surface area contributed by atoms with Gasteiger partial charge in [-0.15, -0.1) is 0 Å². The monoisotopic (exact) mass is 434 g/mol. The van der Waals surface area contributed by atoms with Crippen LogP contribution >= 0.6 is 0 Å². The van der Waals surface area contributed by atoms with Gasteiger partial charge in [0, 0.05) is 29.9 Å². The number of nitrogens with zero attached hydrogens (tertiary/aromatic N) is 2. The van der Waals surface area contributed by atoms with Crippen molar-refractivity contribution in [3.63, 3.8) is 0 Å². The van der Waals surface area contributed by atoms with Crippen LogP contribution in [0.25, 0.3) is 5.57 Å². The topological polar surface area (TPSA) is 81.0 Å². The van der Waals surface area contributed by atoms with Gasteiger partial charge in [-0.2, -0.15) is 0 Å². The number of aromatic nitrogens is 1. The Labute approximate surface area is 189 Å². The molecule has 2 aliphatic rings. The number of hydrogen-bond acceptors (Lipinski definition) is 5. The van der Waals surface area contributed by atoms with Crippen LogP contribution in [0.15, 0.2) is 54.0 Å². The number of pyridine rings is 1. The van der Waals surface area contributed by atoms with Crippen molar-refractivity contribution in [2.75, 3.05) is 13.2 Å². The predicted octanol–water partition coefficient (Wildman–Crippen LogP) is 5.27. The van der Waals surface area contributed by atoms with Crippen LogP contribution in [0, 0.1) is 5.92 Å². The second kappa shape index (κ2) is 10.9. The van der Waals surface area contributed by atoms with Gasteiger partial charge in [0.25, 0.3) is 0 Å². The highest BCUT2D eigenvalue weighted by atomic mass is 16.6. The van der Waals surface area contributed by atoms with E-state index in [1.54, 1.807) is 6.20 Å². The van der Waals surface area contributed by atoms with Gasteiger partial charge in [0.15, 0.2) is 6.61 Å². The van der Waals surface area contributed by atoms with Crippen molar-refractivity contribution in [1.82, 2.24) is 4.98 Å². The predicted molar refractivity (Wildman–Crippen MR) is 124 cm³/mol. The van der Waals surface area contributed by atoms with Gasteiger partial charge in [-0.05, 0) is 54.5 Å². The third kappa shape index (κ3) is 5.75. The molecule has 4 rings (SSSR count). The highest BCUT2D eigenvalue weighted by molar-refractivity contribution is 6.00. The Bertz CT molecular complexity index is 979. The summed E-state index contributed by atoms with van der Waals surface area (Å²) in [5.41, 5.74) is 5.40. The summed E-state index contributed by atoms with van der Waals surface area (Å²) in [6, 6.07) is 9.80. The van der Waals surface area contributed by atoms with Crippen molar-refractivity contribution in [3.8, 4) is 5.75 Å². The second-order valence-corrected chi connectivity index (χ2v) is 8.45. The number of aliphatic carboxylic acids is 1. The molecule has 0 spiro atoms. The number of carbonyl (C=O) groups is 1. The van der Waals surface area contributed by atoms with Gasteiger partial charge in [-0.1, -0.05) is 49.0 Å². The Hall–Kier alpha value is -3.15. The summed E-state index contributed by atoms with van der Waals surface area (Å²) in [6.45, 7) is 0.158. The number of rotatable bonds is 10. The molecule has 0 aliphatic heterocycles. The molecular formula is C26H30N2O4. The molecule has 1 N–H and O–H groups in total. The first-order valence-electron chi connectivity index (χ1n) is 11.5. The fraction of sp³-hybridized carbons (Fsp3) is 0.423. The lowest BCUT2D eigenvalue weighted by Crippen LogP contribution is -2.12. The van der Waals surface area contributed by atoms with Crippen LogP contribution in [0.2, 0.25) is 0 Å². The fourth-order valence-corrected chi connectivity index (χ4v) is 4.64. The van der Waals surface area contributed by atoms with Crippen molar-refractivity contribution in [2.24, 2.45) is 11.1 Å². The van der Waals surface area contributed by atoms with E-state index in [1.165, 1.54) is 31.3 Å². The average Bonchev–Trinajstić information content (AvgIpc) is 3.33. The van der Waals surface area contributed by atoms with E-state index in [1.807, 2.05) is 30.5 Å². The summed E-state index contributed by atoms with van der Waals surface area (Å²) in [7, 11) is 0. The number of carboxylic acid groups (broad SMARTS) is 1. The van der Waals surface area contributed by atoms with E-state index in [2.05, 4.69) is 22.3 Å². The number of fused-ring (bicyclic) bond motifs is 1. The van der Waals surface area contributed by atoms with Gasteiger partial charge in [0.1, 0.15) is 12.4 Å². The highest BCUT2D eigenvalue weighted by Gasteiger charge is 2.20. The van der Waals surface area contributed by atoms with Crippen LogP contribution in [0.1, 0.15) is 61.6 Å². The van der Waals surface area contributed by atoms with E-state index in [-0.39, 0.29) is 6.61 Å². The van der Waals surface area contributed by atoms with Crippen LogP contribution in [-0.2, 0) is 16.1 Å². The SMILES string of the molecule is O=C(O)COc1cccc2c1CCC=C2CCON=C(CC1CCCC1)c1cccnc1. The fourth-order valence-electron chi connectivity index (χ4n) is 4.64. The van der Waals surface area contributed by atoms with E-state index in [4.69, 9.17) is 14.7 Å². The number of ether oxygens (including phenoxy) is 1. The molecule has 0 unspecified atom stereocenters. The lowest BCUT2D eigenvalue weighted by molar-refractivity contribution is -0.139. The molecule has 1 saturated carbocycles. The number of carboxylic acids is 1.